The van der Waals surface area contributed by atoms with Crippen LogP contribution in [0.25, 0.3) is 0 Å². The van der Waals surface area contributed by atoms with Gasteiger partial charge in [0.1, 0.15) is 0 Å². The summed E-state index contributed by atoms with van der Waals surface area (Å²) in [5.74, 6) is 0.587. The molecule has 1 aromatic heterocycles. The Morgan fingerprint density at radius 3 is 2.58 bits per heavy atom. The van der Waals surface area contributed by atoms with Gasteiger partial charge in [-0.3, -0.25) is 0 Å². The van der Waals surface area contributed by atoms with Crippen LogP contribution in [0.5, 0.6) is 0 Å². The number of pyridine rings is 1. The molecule has 0 atom stereocenters. The van der Waals surface area contributed by atoms with Gasteiger partial charge in [0, 0.05) is 19.3 Å². The number of aromatic nitrogens is 1. The predicted octanol–water partition coefficient (Wildman–Crippen LogP) is 1.52. The molecule has 6 heteroatoms. The van der Waals surface area contributed by atoms with Gasteiger partial charge < -0.3 is 5.32 Å². The van der Waals surface area contributed by atoms with E-state index in [0.29, 0.717) is 19.0 Å². The average molecular weight is 285 g/mol. The van der Waals surface area contributed by atoms with Crippen molar-refractivity contribution < 1.29 is 8.42 Å². The summed E-state index contributed by atoms with van der Waals surface area (Å²) >= 11 is 0. The first kappa shape index (κ1) is 16.1. The van der Waals surface area contributed by atoms with Crippen LogP contribution in [0.2, 0.25) is 0 Å². The van der Waals surface area contributed by atoms with Crippen LogP contribution in [0.15, 0.2) is 23.4 Å². The predicted molar refractivity (Wildman–Crippen MR) is 76.3 cm³/mol. The van der Waals surface area contributed by atoms with Crippen molar-refractivity contribution in [3.63, 3.8) is 0 Å². The first-order chi connectivity index (χ1) is 8.95. The molecule has 0 aliphatic carbocycles. The third kappa shape index (κ3) is 5.67. The number of hydrogen-bond acceptors (Lipinski definition) is 4. The van der Waals surface area contributed by atoms with Crippen molar-refractivity contribution in [3.8, 4) is 0 Å². The van der Waals surface area contributed by atoms with Gasteiger partial charge in [-0.25, -0.2) is 18.1 Å². The van der Waals surface area contributed by atoms with Crippen molar-refractivity contribution in [2.24, 2.45) is 5.92 Å². The Labute approximate surface area is 115 Å². The van der Waals surface area contributed by atoms with Gasteiger partial charge in [-0.15, -0.1) is 0 Å². The molecule has 0 aliphatic heterocycles. The van der Waals surface area contributed by atoms with Crippen LogP contribution in [-0.2, 0) is 16.6 Å². The van der Waals surface area contributed by atoms with Gasteiger partial charge in [-0.1, -0.05) is 19.9 Å². The zero-order valence-electron chi connectivity index (χ0n) is 11.8. The second kappa shape index (κ2) is 7.57. The Balaban J connectivity index is 2.56. The van der Waals surface area contributed by atoms with Gasteiger partial charge in [-0.05, 0) is 37.4 Å². The van der Waals surface area contributed by atoms with E-state index in [1.807, 2.05) is 7.05 Å². The monoisotopic (exact) mass is 285 g/mol. The van der Waals surface area contributed by atoms with E-state index in [9.17, 15) is 8.42 Å². The fourth-order valence-corrected chi connectivity index (χ4v) is 2.67. The molecular weight excluding hydrogens is 262 g/mol. The molecule has 0 radical (unpaired) electrons. The van der Waals surface area contributed by atoms with Crippen LogP contribution in [0.4, 0.5) is 0 Å². The Morgan fingerprint density at radius 1 is 1.32 bits per heavy atom. The van der Waals surface area contributed by atoms with Gasteiger partial charge in [0.2, 0.25) is 0 Å². The highest BCUT2D eigenvalue weighted by Gasteiger charge is 2.14. The third-order valence-corrected chi connectivity index (χ3v) is 4.08. The minimum Gasteiger partial charge on any atom is -0.316 e. The van der Waals surface area contributed by atoms with E-state index in [-0.39, 0.29) is 5.03 Å². The quantitative estimate of drug-likeness (QED) is 0.710. The minimum atomic E-state index is -3.47. The Morgan fingerprint density at radius 2 is 2.05 bits per heavy atom. The molecule has 0 unspecified atom stereocenters. The molecule has 0 spiro atoms. The summed E-state index contributed by atoms with van der Waals surface area (Å²) in [6, 6.07) is 3.31. The van der Waals surface area contributed by atoms with E-state index >= 15 is 0 Å². The highest BCUT2D eigenvalue weighted by Crippen LogP contribution is 2.07. The van der Waals surface area contributed by atoms with E-state index in [4.69, 9.17) is 0 Å². The summed E-state index contributed by atoms with van der Waals surface area (Å²) in [7, 11) is -1.64. The molecule has 19 heavy (non-hydrogen) atoms. The Kier molecular flexibility index (Phi) is 6.41. The zero-order chi connectivity index (χ0) is 14.3. The van der Waals surface area contributed by atoms with Crippen molar-refractivity contribution in [1.82, 2.24) is 15.0 Å². The lowest BCUT2D eigenvalue weighted by Crippen LogP contribution is -2.26. The molecule has 1 heterocycles. The summed E-state index contributed by atoms with van der Waals surface area (Å²) in [5, 5.41) is 3.07. The minimum absolute atomic E-state index is 0.0805. The van der Waals surface area contributed by atoms with E-state index in [1.165, 1.54) is 6.07 Å². The summed E-state index contributed by atoms with van der Waals surface area (Å²) in [6.45, 7) is 5.38. The lowest BCUT2D eigenvalue weighted by atomic mass is 10.1. The smallest absolute Gasteiger partial charge is 0.258 e. The molecule has 0 aromatic carbocycles. The fourth-order valence-electron chi connectivity index (χ4n) is 1.67. The standard InChI is InChI=1S/C13H23N3O2S/c1-11(2)5-4-8-16-19(17,18)13-7-6-12(9-14-3)10-15-13/h6-7,10-11,14,16H,4-5,8-9H2,1-3H3. The lowest BCUT2D eigenvalue weighted by molar-refractivity contribution is 0.538. The number of nitrogens with one attached hydrogen (secondary N) is 2. The van der Waals surface area contributed by atoms with Crippen molar-refractivity contribution >= 4 is 10.0 Å². The number of hydrogen-bond donors (Lipinski definition) is 2. The number of sulfonamides is 1. The second-order valence-corrected chi connectivity index (χ2v) is 6.68. The fraction of sp³-hybridized carbons (Fsp3) is 0.615. The summed E-state index contributed by atoms with van der Waals surface area (Å²) in [5.41, 5.74) is 0.959. The molecule has 2 N–H and O–H groups in total. The molecule has 0 saturated heterocycles. The van der Waals surface area contributed by atoms with Crippen molar-refractivity contribution in [2.75, 3.05) is 13.6 Å². The van der Waals surface area contributed by atoms with Crippen molar-refractivity contribution in [2.45, 2.75) is 38.3 Å². The molecule has 5 nitrogen and oxygen atoms in total. The molecule has 1 aromatic rings. The van der Waals surface area contributed by atoms with E-state index in [1.54, 1.807) is 12.3 Å². The topological polar surface area (TPSA) is 71.1 Å². The van der Waals surface area contributed by atoms with Crippen LogP contribution >= 0.6 is 0 Å². The molecule has 0 aliphatic rings. The van der Waals surface area contributed by atoms with E-state index in [2.05, 4.69) is 28.9 Å². The normalized spacial score (nSPS) is 12.0. The van der Waals surface area contributed by atoms with Gasteiger partial charge in [-0.2, -0.15) is 0 Å². The van der Waals surface area contributed by atoms with Crippen LogP contribution in [0.1, 0.15) is 32.3 Å². The van der Waals surface area contributed by atoms with Crippen molar-refractivity contribution in [3.05, 3.63) is 23.9 Å². The summed E-state index contributed by atoms with van der Waals surface area (Å²) < 4.78 is 26.5. The maximum absolute atomic E-state index is 12.0. The lowest BCUT2D eigenvalue weighted by Gasteiger charge is -2.08. The summed E-state index contributed by atoms with van der Waals surface area (Å²) in [4.78, 5) is 3.99. The molecule has 1 rings (SSSR count). The third-order valence-electron chi connectivity index (χ3n) is 2.70. The van der Waals surface area contributed by atoms with Crippen LogP contribution < -0.4 is 10.0 Å². The zero-order valence-corrected chi connectivity index (χ0v) is 12.6. The molecule has 0 fully saturated rings. The molecule has 0 bridgehead atoms. The number of rotatable bonds is 8. The molecule has 0 amide bonds. The SMILES string of the molecule is CNCc1ccc(S(=O)(=O)NCCCC(C)C)nc1. The number of nitrogens with zero attached hydrogens (tertiary/aromatic N) is 1. The van der Waals surface area contributed by atoms with Gasteiger partial charge in [0.05, 0.1) is 0 Å². The van der Waals surface area contributed by atoms with E-state index < -0.39 is 10.0 Å². The van der Waals surface area contributed by atoms with Gasteiger partial charge in [0.25, 0.3) is 10.0 Å². The summed E-state index contributed by atoms with van der Waals surface area (Å²) in [6.07, 6.45) is 3.44. The largest absolute Gasteiger partial charge is 0.316 e. The van der Waals surface area contributed by atoms with Crippen LogP contribution in [0.3, 0.4) is 0 Å². The molecule has 0 saturated carbocycles. The van der Waals surface area contributed by atoms with Crippen LogP contribution in [0, 0.1) is 5.92 Å². The average Bonchev–Trinajstić information content (AvgIpc) is 2.36. The molecule has 108 valence electrons. The highest BCUT2D eigenvalue weighted by atomic mass is 32.2. The van der Waals surface area contributed by atoms with E-state index in [0.717, 1.165) is 18.4 Å². The van der Waals surface area contributed by atoms with Crippen LogP contribution in [-0.4, -0.2) is 27.0 Å². The maximum atomic E-state index is 12.0. The first-order valence-corrected chi connectivity index (χ1v) is 8.03. The Hall–Kier alpha value is -0.980. The Bertz CT molecular complexity index is 469. The van der Waals surface area contributed by atoms with Crippen molar-refractivity contribution in [1.29, 1.82) is 0 Å². The highest BCUT2D eigenvalue weighted by molar-refractivity contribution is 7.89. The second-order valence-electron chi connectivity index (χ2n) is 4.97. The molecular formula is C13H23N3O2S. The van der Waals surface area contributed by atoms with Gasteiger partial charge >= 0.3 is 0 Å². The maximum Gasteiger partial charge on any atom is 0.258 e. The van der Waals surface area contributed by atoms with Gasteiger partial charge in [0.15, 0.2) is 5.03 Å². The first-order valence-electron chi connectivity index (χ1n) is 6.55.